The van der Waals surface area contributed by atoms with E-state index in [4.69, 9.17) is 5.73 Å². The molecule has 2 rings (SSSR count). The lowest BCUT2D eigenvalue weighted by Gasteiger charge is -2.34. The predicted octanol–water partition coefficient (Wildman–Crippen LogP) is 4.24. The van der Waals surface area contributed by atoms with Crippen LogP contribution in [0.1, 0.15) is 50.6 Å². The number of benzene rings is 1. The third-order valence-corrected chi connectivity index (χ3v) is 4.48. The molecule has 100 valence electrons. The smallest absolute Gasteiger partial charge is 0.0415 e. The summed E-state index contributed by atoms with van der Waals surface area (Å²) in [6.45, 7) is 2.06. The third kappa shape index (κ3) is 3.07. The van der Waals surface area contributed by atoms with Gasteiger partial charge in [-0.1, -0.05) is 35.2 Å². The Labute approximate surface area is 119 Å². The first-order valence-electron chi connectivity index (χ1n) is 6.87. The van der Waals surface area contributed by atoms with Crippen molar-refractivity contribution >= 4 is 21.6 Å². The Balaban J connectivity index is 2.25. The number of rotatable bonds is 3. The van der Waals surface area contributed by atoms with Crippen molar-refractivity contribution in [1.82, 2.24) is 0 Å². The highest BCUT2D eigenvalue weighted by atomic mass is 79.9. The maximum Gasteiger partial charge on any atom is 0.0415 e. The largest absolute Gasteiger partial charge is 0.371 e. The van der Waals surface area contributed by atoms with Crippen LogP contribution in [0.5, 0.6) is 0 Å². The minimum absolute atomic E-state index is 0.0727. The fourth-order valence-corrected chi connectivity index (χ4v) is 3.26. The predicted molar refractivity (Wildman–Crippen MR) is 82.0 cm³/mol. The zero-order chi connectivity index (χ0) is 13.1. The second-order valence-electron chi connectivity index (χ2n) is 5.39. The van der Waals surface area contributed by atoms with Gasteiger partial charge in [0.2, 0.25) is 0 Å². The van der Waals surface area contributed by atoms with E-state index in [0.717, 1.165) is 4.47 Å². The number of hydrogen-bond acceptors (Lipinski definition) is 2. The van der Waals surface area contributed by atoms with Crippen molar-refractivity contribution < 1.29 is 0 Å². The topological polar surface area (TPSA) is 29.3 Å². The lowest BCUT2D eigenvalue weighted by atomic mass is 9.93. The van der Waals surface area contributed by atoms with Crippen molar-refractivity contribution in [2.45, 2.75) is 51.1 Å². The van der Waals surface area contributed by atoms with Crippen LogP contribution in [-0.2, 0) is 0 Å². The molecule has 1 unspecified atom stereocenters. The summed E-state index contributed by atoms with van der Waals surface area (Å²) in [5, 5.41) is 0. The zero-order valence-corrected chi connectivity index (χ0v) is 12.9. The molecule has 1 fully saturated rings. The summed E-state index contributed by atoms with van der Waals surface area (Å²) in [4.78, 5) is 2.43. The van der Waals surface area contributed by atoms with Crippen molar-refractivity contribution in [1.29, 1.82) is 0 Å². The van der Waals surface area contributed by atoms with Crippen LogP contribution in [0.15, 0.2) is 22.7 Å². The molecule has 0 aliphatic heterocycles. The third-order valence-electron chi connectivity index (χ3n) is 3.98. The summed E-state index contributed by atoms with van der Waals surface area (Å²) in [6, 6.07) is 7.21. The van der Waals surface area contributed by atoms with E-state index >= 15 is 0 Å². The van der Waals surface area contributed by atoms with Crippen molar-refractivity contribution in [3.63, 3.8) is 0 Å². The average Bonchev–Trinajstić information content (AvgIpc) is 2.39. The van der Waals surface area contributed by atoms with Crippen molar-refractivity contribution in [2.75, 3.05) is 11.9 Å². The Kier molecular flexibility index (Phi) is 4.68. The molecule has 3 heteroatoms. The Morgan fingerprint density at radius 3 is 2.56 bits per heavy atom. The molecular weight excluding hydrogens is 288 g/mol. The molecule has 2 nitrogen and oxygen atoms in total. The summed E-state index contributed by atoms with van der Waals surface area (Å²) in [7, 11) is 2.21. The van der Waals surface area contributed by atoms with Crippen LogP contribution in [0.4, 0.5) is 5.69 Å². The Hall–Kier alpha value is -0.540. The second-order valence-corrected chi connectivity index (χ2v) is 6.31. The summed E-state index contributed by atoms with van der Waals surface area (Å²) < 4.78 is 1.11. The van der Waals surface area contributed by atoms with Gasteiger partial charge in [0.25, 0.3) is 0 Å². The lowest BCUT2D eigenvalue weighted by molar-refractivity contribution is 0.427. The maximum atomic E-state index is 6.10. The summed E-state index contributed by atoms with van der Waals surface area (Å²) in [6.07, 6.45) is 6.73. The number of hydrogen-bond donors (Lipinski definition) is 1. The minimum Gasteiger partial charge on any atom is -0.371 e. The van der Waals surface area contributed by atoms with Gasteiger partial charge in [-0.15, -0.1) is 0 Å². The van der Waals surface area contributed by atoms with Gasteiger partial charge in [0.1, 0.15) is 0 Å². The second kappa shape index (κ2) is 6.07. The van der Waals surface area contributed by atoms with Crippen LogP contribution in [-0.4, -0.2) is 13.1 Å². The molecule has 1 aromatic carbocycles. The first-order chi connectivity index (χ1) is 8.59. The van der Waals surface area contributed by atoms with Crippen LogP contribution >= 0.6 is 15.9 Å². The van der Waals surface area contributed by atoms with E-state index in [1.165, 1.54) is 43.4 Å². The minimum atomic E-state index is 0.0727. The van der Waals surface area contributed by atoms with Crippen LogP contribution in [0.2, 0.25) is 0 Å². The fraction of sp³-hybridized carbons (Fsp3) is 0.600. The number of nitrogens with two attached hydrogens (primary N) is 1. The van der Waals surface area contributed by atoms with Gasteiger partial charge in [-0.2, -0.15) is 0 Å². The molecule has 1 aliphatic rings. The molecule has 1 aromatic rings. The highest BCUT2D eigenvalue weighted by Gasteiger charge is 2.21. The molecule has 0 heterocycles. The van der Waals surface area contributed by atoms with Crippen molar-refractivity contribution in [3.8, 4) is 0 Å². The molecule has 0 amide bonds. The molecule has 2 N–H and O–H groups in total. The van der Waals surface area contributed by atoms with E-state index in [-0.39, 0.29) is 6.04 Å². The number of halogens is 1. The van der Waals surface area contributed by atoms with Gasteiger partial charge in [-0.05, 0) is 43.5 Å². The van der Waals surface area contributed by atoms with Gasteiger partial charge < -0.3 is 10.6 Å². The van der Waals surface area contributed by atoms with Gasteiger partial charge in [0.05, 0.1) is 0 Å². The molecule has 0 radical (unpaired) electrons. The van der Waals surface area contributed by atoms with Gasteiger partial charge in [0.15, 0.2) is 0 Å². The van der Waals surface area contributed by atoms with Crippen LogP contribution in [0.25, 0.3) is 0 Å². The SMILES string of the molecule is CC(N)c1cc(Br)ccc1N(C)C1CCCCC1. The first-order valence-corrected chi connectivity index (χ1v) is 7.66. The quantitative estimate of drug-likeness (QED) is 0.905. The number of nitrogens with zero attached hydrogens (tertiary/aromatic N) is 1. The molecule has 0 saturated heterocycles. The van der Waals surface area contributed by atoms with Crippen molar-refractivity contribution in [3.05, 3.63) is 28.2 Å². The molecule has 1 saturated carbocycles. The Morgan fingerprint density at radius 1 is 1.28 bits per heavy atom. The highest BCUT2D eigenvalue weighted by Crippen LogP contribution is 2.32. The van der Waals surface area contributed by atoms with Gasteiger partial charge >= 0.3 is 0 Å². The molecule has 0 spiro atoms. The van der Waals surface area contributed by atoms with Crippen LogP contribution in [0.3, 0.4) is 0 Å². The van der Waals surface area contributed by atoms with Crippen LogP contribution < -0.4 is 10.6 Å². The molecular formula is C15H23BrN2. The zero-order valence-electron chi connectivity index (χ0n) is 11.3. The monoisotopic (exact) mass is 310 g/mol. The summed E-state index contributed by atoms with van der Waals surface area (Å²) >= 11 is 3.54. The maximum absolute atomic E-state index is 6.10. The normalized spacial score (nSPS) is 18.7. The molecule has 0 bridgehead atoms. The van der Waals surface area contributed by atoms with E-state index in [1.807, 2.05) is 0 Å². The van der Waals surface area contributed by atoms with E-state index in [9.17, 15) is 0 Å². The first kappa shape index (κ1) is 13.9. The molecule has 18 heavy (non-hydrogen) atoms. The van der Waals surface area contributed by atoms with E-state index in [1.54, 1.807) is 0 Å². The summed E-state index contributed by atoms with van der Waals surface area (Å²) in [5.74, 6) is 0. The van der Waals surface area contributed by atoms with Gasteiger partial charge in [-0.3, -0.25) is 0 Å². The fourth-order valence-electron chi connectivity index (χ4n) is 2.88. The number of anilines is 1. The average molecular weight is 311 g/mol. The summed E-state index contributed by atoms with van der Waals surface area (Å²) in [5.41, 5.74) is 8.63. The Bertz CT molecular complexity index is 397. The lowest BCUT2D eigenvalue weighted by Crippen LogP contribution is -2.34. The van der Waals surface area contributed by atoms with E-state index in [2.05, 4.69) is 53.0 Å². The highest BCUT2D eigenvalue weighted by molar-refractivity contribution is 9.10. The molecule has 1 aliphatic carbocycles. The van der Waals surface area contributed by atoms with E-state index in [0.29, 0.717) is 6.04 Å². The van der Waals surface area contributed by atoms with Gasteiger partial charge in [0, 0.05) is 29.3 Å². The van der Waals surface area contributed by atoms with Gasteiger partial charge in [-0.25, -0.2) is 0 Å². The van der Waals surface area contributed by atoms with Crippen molar-refractivity contribution in [2.24, 2.45) is 5.73 Å². The molecule has 0 aromatic heterocycles. The van der Waals surface area contributed by atoms with Crippen LogP contribution in [0, 0.1) is 0 Å². The standard InChI is InChI=1S/C15H23BrN2/c1-11(17)14-10-12(16)8-9-15(14)18(2)13-6-4-3-5-7-13/h8-11,13H,3-7,17H2,1-2H3. The Morgan fingerprint density at radius 2 is 1.94 bits per heavy atom. The van der Waals surface area contributed by atoms with E-state index < -0.39 is 0 Å². The molecule has 1 atom stereocenters.